The molecule has 2 aliphatic heterocycles. The Morgan fingerprint density at radius 3 is 2.47 bits per heavy atom. The van der Waals surface area contributed by atoms with Crippen molar-refractivity contribution in [2.24, 2.45) is 11.3 Å². The van der Waals surface area contributed by atoms with Gasteiger partial charge in [0.1, 0.15) is 17.7 Å². The number of anilines is 1. The topological polar surface area (TPSA) is 170 Å². The Kier molecular flexibility index (Phi) is 12.6. The minimum absolute atomic E-state index is 0.0197. The summed E-state index contributed by atoms with van der Waals surface area (Å²) in [5.41, 5.74) is 3.05. The second-order valence-electron chi connectivity index (χ2n) is 15.5. The Labute approximate surface area is 316 Å². The summed E-state index contributed by atoms with van der Waals surface area (Å²) >= 11 is 6.26. The summed E-state index contributed by atoms with van der Waals surface area (Å²) in [6, 6.07) is 12.1. The Hall–Kier alpha value is -4.73. The van der Waals surface area contributed by atoms with Crippen LogP contribution in [0.4, 0.5) is 5.69 Å². The SMILES string of the molecule is CCC[C@H](NC(=O)[C@@H]1C[C@]2(C=C(c3cccc(Cl)c3)NO2)CN1C(=O)[C@@H](NC(=O)CC1CCCCC1)C(C)(C)C)C(=O)C(=O)Nc1cccc(C#N)c1. The molecule has 0 bridgehead atoms. The summed E-state index contributed by atoms with van der Waals surface area (Å²) in [5.74, 6) is -2.83. The van der Waals surface area contributed by atoms with E-state index in [1.165, 1.54) is 11.0 Å². The maximum atomic E-state index is 14.6. The lowest BCUT2D eigenvalue weighted by molar-refractivity contribution is -0.145. The normalized spacial score (nSPS) is 21.2. The van der Waals surface area contributed by atoms with Crippen molar-refractivity contribution in [3.05, 3.63) is 70.8 Å². The Balaban J connectivity index is 1.41. The Morgan fingerprint density at radius 1 is 1.06 bits per heavy atom. The number of ketones is 1. The minimum Gasteiger partial charge on any atom is -0.344 e. The van der Waals surface area contributed by atoms with Crippen LogP contribution in [-0.2, 0) is 28.8 Å². The molecular weight excluding hydrogens is 696 g/mol. The molecule has 2 fully saturated rings. The van der Waals surface area contributed by atoms with E-state index in [1.54, 1.807) is 36.4 Å². The van der Waals surface area contributed by atoms with Gasteiger partial charge in [0.15, 0.2) is 0 Å². The van der Waals surface area contributed by atoms with E-state index in [-0.39, 0.29) is 36.9 Å². The highest BCUT2D eigenvalue weighted by Crippen LogP contribution is 2.39. The van der Waals surface area contributed by atoms with E-state index in [0.717, 1.165) is 37.7 Å². The lowest BCUT2D eigenvalue weighted by atomic mass is 9.84. The first-order valence-electron chi connectivity index (χ1n) is 18.4. The van der Waals surface area contributed by atoms with Crippen LogP contribution < -0.4 is 21.4 Å². The molecule has 0 unspecified atom stereocenters. The van der Waals surface area contributed by atoms with Gasteiger partial charge in [-0.3, -0.25) is 34.3 Å². The minimum atomic E-state index is -1.19. The maximum absolute atomic E-state index is 14.6. The van der Waals surface area contributed by atoms with Crippen LogP contribution in [0.15, 0.2) is 54.6 Å². The summed E-state index contributed by atoms with van der Waals surface area (Å²) in [6.07, 6.45) is 8.13. The number of Topliss-reactive ketones (excluding diaryl/α,β-unsaturated/α-hetero) is 1. The zero-order valence-electron chi connectivity index (χ0n) is 30.8. The summed E-state index contributed by atoms with van der Waals surface area (Å²) in [6.45, 7) is 7.40. The molecule has 2 aromatic rings. The first-order valence-corrected chi connectivity index (χ1v) is 18.8. The van der Waals surface area contributed by atoms with Gasteiger partial charge in [-0.25, -0.2) is 0 Å². The molecule has 282 valence electrons. The van der Waals surface area contributed by atoms with E-state index in [0.29, 0.717) is 29.1 Å². The molecule has 3 aliphatic rings. The molecule has 53 heavy (non-hydrogen) atoms. The molecule has 2 heterocycles. The average Bonchev–Trinajstić information content (AvgIpc) is 3.73. The second-order valence-corrected chi connectivity index (χ2v) is 15.9. The predicted octanol–water partition coefficient (Wildman–Crippen LogP) is 5.42. The fourth-order valence-electron chi connectivity index (χ4n) is 7.35. The zero-order chi connectivity index (χ0) is 38.3. The number of hydrogen-bond donors (Lipinski definition) is 4. The molecule has 0 radical (unpaired) electrons. The van der Waals surface area contributed by atoms with Crippen molar-refractivity contribution in [3.8, 4) is 6.07 Å². The van der Waals surface area contributed by atoms with Crippen molar-refractivity contribution in [3.63, 3.8) is 0 Å². The molecule has 4 atom stereocenters. The number of rotatable bonds is 12. The van der Waals surface area contributed by atoms with E-state index >= 15 is 0 Å². The highest BCUT2D eigenvalue weighted by molar-refractivity contribution is 6.42. The largest absolute Gasteiger partial charge is 0.344 e. The smallest absolute Gasteiger partial charge is 0.293 e. The molecular formula is C40H49ClN6O6. The van der Waals surface area contributed by atoms with Crippen LogP contribution in [-0.4, -0.2) is 64.6 Å². The van der Waals surface area contributed by atoms with Crippen LogP contribution in [0.25, 0.3) is 5.70 Å². The molecule has 4 N–H and O–H groups in total. The number of hydroxylamine groups is 1. The fourth-order valence-corrected chi connectivity index (χ4v) is 7.54. The number of likely N-dealkylation sites (tertiary alicyclic amines) is 1. The molecule has 12 nitrogen and oxygen atoms in total. The van der Waals surface area contributed by atoms with Gasteiger partial charge >= 0.3 is 0 Å². The quantitative estimate of drug-likeness (QED) is 0.209. The molecule has 1 saturated heterocycles. The number of halogens is 1. The zero-order valence-corrected chi connectivity index (χ0v) is 31.6. The Morgan fingerprint density at radius 2 is 1.79 bits per heavy atom. The number of carbonyl (C=O) groups is 5. The van der Waals surface area contributed by atoms with Gasteiger partial charge in [0.2, 0.25) is 23.5 Å². The van der Waals surface area contributed by atoms with Crippen molar-refractivity contribution in [1.29, 1.82) is 5.26 Å². The van der Waals surface area contributed by atoms with E-state index in [2.05, 4.69) is 21.4 Å². The lowest BCUT2D eigenvalue weighted by Crippen LogP contribution is -2.59. The monoisotopic (exact) mass is 744 g/mol. The molecule has 0 aromatic heterocycles. The number of amides is 4. The van der Waals surface area contributed by atoms with Gasteiger partial charge in [-0.15, -0.1) is 0 Å². The van der Waals surface area contributed by atoms with Gasteiger partial charge in [0.25, 0.3) is 5.91 Å². The van der Waals surface area contributed by atoms with Crippen LogP contribution in [0.3, 0.4) is 0 Å². The van der Waals surface area contributed by atoms with Gasteiger partial charge in [0, 0.05) is 29.1 Å². The molecule has 13 heteroatoms. The summed E-state index contributed by atoms with van der Waals surface area (Å²) in [5, 5.41) is 18.1. The van der Waals surface area contributed by atoms with Crippen LogP contribution in [0.1, 0.15) is 96.6 Å². The number of nitriles is 1. The van der Waals surface area contributed by atoms with Crippen LogP contribution in [0, 0.1) is 22.7 Å². The lowest BCUT2D eigenvalue weighted by Gasteiger charge is -2.36. The van der Waals surface area contributed by atoms with Crippen molar-refractivity contribution in [2.45, 2.75) is 109 Å². The summed E-state index contributed by atoms with van der Waals surface area (Å²) < 4.78 is 0. The second kappa shape index (κ2) is 16.9. The predicted molar refractivity (Wildman–Crippen MR) is 201 cm³/mol. The third-order valence-electron chi connectivity index (χ3n) is 10.1. The van der Waals surface area contributed by atoms with Crippen molar-refractivity contribution < 1.29 is 28.8 Å². The van der Waals surface area contributed by atoms with Gasteiger partial charge in [-0.1, -0.05) is 83.2 Å². The van der Waals surface area contributed by atoms with Gasteiger partial charge in [-0.05, 0) is 67.0 Å². The van der Waals surface area contributed by atoms with Crippen molar-refractivity contribution >= 4 is 52.4 Å². The third kappa shape index (κ3) is 9.83. The van der Waals surface area contributed by atoms with Crippen LogP contribution in [0.2, 0.25) is 5.02 Å². The first-order chi connectivity index (χ1) is 25.2. The number of carbonyl (C=O) groups excluding carboxylic acids is 5. The molecule has 1 spiro atoms. The number of hydrogen-bond acceptors (Lipinski definition) is 8. The highest BCUT2D eigenvalue weighted by Gasteiger charge is 2.54. The Bertz CT molecular complexity index is 1790. The van der Waals surface area contributed by atoms with E-state index in [9.17, 15) is 29.2 Å². The van der Waals surface area contributed by atoms with Gasteiger partial charge in [-0.2, -0.15) is 5.26 Å². The number of nitrogens with one attached hydrogen (secondary N) is 4. The first kappa shape index (κ1) is 39.5. The van der Waals surface area contributed by atoms with E-state index < -0.39 is 52.6 Å². The summed E-state index contributed by atoms with van der Waals surface area (Å²) in [4.78, 5) is 76.5. The standard InChI is InChI=1S/C40H49ClN6O6/c1-5-11-30(34(49)37(51)43-29-17-9-14-26(18-29)23-42)44-36(50)32-22-40(21-31(46-53-40)27-15-10-16-28(41)20-27)24-47(32)38(52)35(39(2,3)4)45-33(48)19-25-12-7-6-8-13-25/h9-10,14-18,20-21,25,30,32,35,46H,5-8,11-13,19,22,24H2,1-4H3,(H,43,51)(H,44,50)(H,45,48)/t30-,32-,35+,40+/m0/s1. The molecule has 1 aliphatic carbocycles. The number of nitrogens with zero attached hydrogens (tertiary/aromatic N) is 2. The van der Waals surface area contributed by atoms with Crippen molar-refractivity contribution in [1.82, 2.24) is 21.0 Å². The van der Waals surface area contributed by atoms with E-state index in [1.807, 2.05) is 45.9 Å². The third-order valence-corrected chi connectivity index (χ3v) is 10.4. The molecule has 5 rings (SSSR count). The molecule has 4 amide bonds. The number of benzene rings is 2. The van der Waals surface area contributed by atoms with E-state index in [4.69, 9.17) is 16.4 Å². The van der Waals surface area contributed by atoms with Crippen LogP contribution >= 0.6 is 11.6 Å². The average molecular weight is 745 g/mol. The van der Waals surface area contributed by atoms with Crippen molar-refractivity contribution in [2.75, 3.05) is 11.9 Å². The highest BCUT2D eigenvalue weighted by atomic mass is 35.5. The fraction of sp³-hybridized carbons (Fsp3) is 0.500. The van der Waals surface area contributed by atoms with Crippen LogP contribution in [0.5, 0.6) is 0 Å². The molecule has 2 aromatic carbocycles. The molecule has 1 saturated carbocycles. The van der Waals surface area contributed by atoms with Gasteiger partial charge < -0.3 is 20.9 Å². The van der Waals surface area contributed by atoms with Gasteiger partial charge in [0.05, 0.1) is 29.9 Å². The maximum Gasteiger partial charge on any atom is 0.293 e. The summed E-state index contributed by atoms with van der Waals surface area (Å²) in [7, 11) is 0.